The van der Waals surface area contributed by atoms with Gasteiger partial charge in [0.15, 0.2) is 0 Å². The molecule has 2 heterocycles. The molecule has 1 amide bonds. The summed E-state index contributed by atoms with van der Waals surface area (Å²) in [6.45, 7) is 2.89. The summed E-state index contributed by atoms with van der Waals surface area (Å²) < 4.78 is 43.5. The molecule has 0 radical (unpaired) electrons. The van der Waals surface area contributed by atoms with Crippen molar-refractivity contribution in [1.82, 2.24) is 9.88 Å². The zero-order valence-corrected chi connectivity index (χ0v) is 18.2. The smallest absolute Gasteiger partial charge is 0.417 e. The minimum absolute atomic E-state index is 0.0295. The van der Waals surface area contributed by atoms with Gasteiger partial charge in [-0.15, -0.1) is 0 Å². The first-order chi connectivity index (χ1) is 14.7. The van der Waals surface area contributed by atoms with E-state index in [1.165, 1.54) is 7.11 Å². The van der Waals surface area contributed by atoms with Gasteiger partial charge in [0.1, 0.15) is 11.6 Å². The van der Waals surface area contributed by atoms with Crippen molar-refractivity contribution in [2.45, 2.75) is 12.6 Å². The maximum absolute atomic E-state index is 12.8. The van der Waals surface area contributed by atoms with Gasteiger partial charge >= 0.3 is 6.18 Å². The summed E-state index contributed by atoms with van der Waals surface area (Å²) in [6.07, 6.45) is -3.42. The van der Waals surface area contributed by atoms with Crippen molar-refractivity contribution in [3.8, 4) is 5.75 Å². The molecule has 1 aromatic heterocycles. The molecule has 0 atom stereocenters. The van der Waals surface area contributed by atoms with Gasteiger partial charge < -0.3 is 15.0 Å². The van der Waals surface area contributed by atoms with Crippen LogP contribution in [-0.4, -0.2) is 55.6 Å². The Balaban J connectivity index is 1.50. The lowest BCUT2D eigenvalue weighted by Gasteiger charge is -2.35. The van der Waals surface area contributed by atoms with Crippen LogP contribution in [-0.2, 0) is 11.0 Å². The predicted molar refractivity (Wildman–Crippen MR) is 114 cm³/mol. The molecule has 0 unspecified atom stereocenters. The lowest BCUT2D eigenvalue weighted by molar-refractivity contribution is -0.137. The summed E-state index contributed by atoms with van der Waals surface area (Å²) >= 11 is 12.0. The third kappa shape index (κ3) is 6.15. The molecule has 0 aliphatic carbocycles. The van der Waals surface area contributed by atoms with Crippen LogP contribution < -0.4 is 15.0 Å². The number of amides is 1. The molecular weight excluding hydrogens is 456 g/mol. The van der Waals surface area contributed by atoms with Gasteiger partial charge in [-0.2, -0.15) is 13.2 Å². The van der Waals surface area contributed by atoms with Crippen molar-refractivity contribution < 1.29 is 22.7 Å². The van der Waals surface area contributed by atoms with Crippen LogP contribution in [0.2, 0.25) is 10.0 Å². The van der Waals surface area contributed by atoms with Gasteiger partial charge in [0.2, 0.25) is 5.91 Å². The molecule has 1 saturated heterocycles. The number of nitrogens with one attached hydrogen (secondary N) is 1. The average Bonchev–Trinajstić information content (AvgIpc) is 2.72. The predicted octanol–water partition coefficient (Wildman–Crippen LogP) is 4.57. The zero-order chi connectivity index (χ0) is 22.6. The van der Waals surface area contributed by atoms with Crippen molar-refractivity contribution in [3.05, 3.63) is 46.1 Å². The van der Waals surface area contributed by atoms with Crippen molar-refractivity contribution in [2.24, 2.45) is 0 Å². The van der Waals surface area contributed by atoms with Crippen LogP contribution in [0.5, 0.6) is 5.75 Å². The average molecular weight is 477 g/mol. The highest BCUT2D eigenvalue weighted by atomic mass is 35.5. The molecule has 2 aromatic rings. The monoisotopic (exact) mass is 476 g/mol. The van der Waals surface area contributed by atoms with E-state index < -0.39 is 11.7 Å². The number of piperazine rings is 1. The third-order valence-electron chi connectivity index (χ3n) is 4.91. The third-order valence-corrected chi connectivity index (χ3v) is 5.42. The van der Waals surface area contributed by atoms with Crippen LogP contribution in [0.25, 0.3) is 0 Å². The first kappa shape index (κ1) is 23.4. The standard InChI is InChI=1S/C20H21Cl2F3N4O2/c1-31-17-3-2-14(21)11-16(17)27-18(30)4-5-28-6-8-29(9-7-28)19-15(22)10-13(12-26-19)20(23,24)25/h2-3,10-12H,4-9H2,1H3,(H,27,30). The lowest BCUT2D eigenvalue weighted by Crippen LogP contribution is -2.47. The summed E-state index contributed by atoms with van der Waals surface area (Å²) in [5.41, 5.74) is -0.366. The van der Waals surface area contributed by atoms with E-state index in [-0.39, 0.29) is 17.4 Å². The topological polar surface area (TPSA) is 57.7 Å². The van der Waals surface area contributed by atoms with E-state index in [1.807, 2.05) is 4.90 Å². The lowest BCUT2D eigenvalue weighted by atomic mass is 10.2. The van der Waals surface area contributed by atoms with Gasteiger partial charge in [-0.3, -0.25) is 9.69 Å². The molecule has 3 rings (SSSR count). The number of carbonyl (C=O) groups is 1. The molecule has 0 spiro atoms. The summed E-state index contributed by atoms with van der Waals surface area (Å²) in [4.78, 5) is 20.2. The van der Waals surface area contributed by atoms with Crippen LogP contribution in [0, 0.1) is 0 Å². The maximum atomic E-state index is 12.8. The number of methoxy groups -OCH3 is 1. The summed E-state index contributed by atoms with van der Waals surface area (Å²) in [5, 5.41) is 3.26. The fourth-order valence-corrected chi connectivity index (χ4v) is 3.71. The van der Waals surface area contributed by atoms with Crippen molar-refractivity contribution in [2.75, 3.05) is 50.1 Å². The van der Waals surface area contributed by atoms with Crippen LogP contribution in [0.4, 0.5) is 24.7 Å². The molecule has 0 saturated carbocycles. The van der Waals surface area contributed by atoms with E-state index in [0.717, 1.165) is 12.3 Å². The number of nitrogens with zero attached hydrogens (tertiary/aromatic N) is 3. The van der Waals surface area contributed by atoms with E-state index in [0.29, 0.717) is 55.0 Å². The second-order valence-electron chi connectivity index (χ2n) is 7.00. The fourth-order valence-electron chi connectivity index (χ4n) is 3.25. The molecule has 1 fully saturated rings. The minimum atomic E-state index is -4.48. The van der Waals surface area contributed by atoms with Gasteiger partial charge in [-0.1, -0.05) is 23.2 Å². The van der Waals surface area contributed by atoms with Crippen LogP contribution >= 0.6 is 23.2 Å². The number of anilines is 2. The first-order valence-corrected chi connectivity index (χ1v) is 10.3. The van der Waals surface area contributed by atoms with Gasteiger partial charge in [-0.05, 0) is 24.3 Å². The van der Waals surface area contributed by atoms with Crippen molar-refractivity contribution in [1.29, 1.82) is 0 Å². The molecule has 168 valence electrons. The van der Waals surface area contributed by atoms with E-state index in [4.69, 9.17) is 27.9 Å². The van der Waals surface area contributed by atoms with E-state index in [2.05, 4.69) is 15.2 Å². The van der Waals surface area contributed by atoms with Crippen molar-refractivity contribution in [3.63, 3.8) is 0 Å². The Bertz CT molecular complexity index is 935. The molecule has 31 heavy (non-hydrogen) atoms. The van der Waals surface area contributed by atoms with Crippen LogP contribution in [0.15, 0.2) is 30.5 Å². The number of halogens is 5. The number of alkyl halides is 3. The van der Waals surface area contributed by atoms with Gasteiger partial charge in [0.05, 0.1) is 23.4 Å². The molecule has 11 heteroatoms. The van der Waals surface area contributed by atoms with Crippen LogP contribution in [0.3, 0.4) is 0 Å². The number of ether oxygens (including phenoxy) is 1. The van der Waals surface area contributed by atoms with Gasteiger partial charge in [-0.25, -0.2) is 4.98 Å². The number of benzene rings is 1. The highest BCUT2D eigenvalue weighted by molar-refractivity contribution is 6.33. The zero-order valence-electron chi connectivity index (χ0n) is 16.7. The Morgan fingerprint density at radius 2 is 1.90 bits per heavy atom. The van der Waals surface area contributed by atoms with Crippen LogP contribution in [0.1, 0.15) is 12.0 Å². The Labute approximate surface area is 187 Å². The van der Waals surface area contributed by atoms with E-state index in [1.54, 1.807) is 18.2 Å². The largest absolute Gasteiger partial charge is 0.495 e. The molecule has 1 N–H and O–H groups in total. The second kappa shape index (κ2) is 9.93. The highest BCUT2D eigenvalue weighted by Crippen LogP contribution is 2.33. The number of rotatable bonds is 6. The first-order valence-electron chi connectivity index (χ1n) is 9.51. The number of pyridine rings is 1. The molecule has 6 nitrogen and oxygen atoms in total. The summed E-state index contributed by atoms with van der Waals surface area (Å²) in [6, 6.07) is 5.87. The highest BCUT2D eigenvalue weighted by Gasteiger charge is 2.32. The second-order valence-corrected chi connectivity index (χ2v) is 7.84. The number of carbonyl (C=O) groups excluding carboxylic acids is 1. The Kier molecular flexibility index (Phi) is 7.51. The number of hydrogen-bond acceptors (Lipinski definition) is 5. The van der Waals surface area contributed by atoms with E-state index >= 15 is 0 Å². The van der Waals surface area contributed by atoms with E-state index in [9.17, 15) is 18.0 Å². The SMILES string of the molecule is COc1ccc(Cl)cc1NC(=O)CCN1CCN(c2ncc(C(F)(F)F)cc2Cl)CC1. The fraction of sp³-hybridized carbons (Fsp3) is 0.400. The van der Waals surface area contributed by atoms with Crippen molar-refractivity contribution >= 4 is 40.6 Å². The van der Waals surface area contributed by atoms with Gasteiger partial charge in [0.25, 0.3) is 0 Å². The Hall–Kier alpha value is -2.23. The quantitative estimate of drug-likeness (QED) is 0.661. The maximum Gasteiger partial charge on any atom is 0.417 e. The number of aromatic nitrogens is 1. The molecule has 1 aliphatic heterocycles. The van der Waals surface area contributed by atoms with Gasteiger partial charge in [0, 0.05) is 50.4 Å². The summed E-state index contributed by atoms with van der Waals surface area (Å²) in [7, 11) is 1.51. The Morgan fingerprint density at radius 1 is 1.19 bits per heavy atom. The molecule has 1 aromatic carbocycles. The molecular formula is C20H21Cl2F3N4O2. The minimum Gasteiger partial charge on any atom is -0.495 e. The molecule has 0 bridgehead atoms. The molecule has 1 aliphatic rings. The number of hydrogen-bond donors (Lipinski definition) is 1. The normalized spacial score (nSPS) is 15.1. The Morgan fingerprint density at radius 3 is 2.52 bits per heavy atom. The summed E-state index contributed by atoms with van der Waals surface area (Å²) in [5.74, 6) is 0.683.